The Balaban J connectivity index is 1.85. The molecule has 1 aliphatic carbocycles. The largest absolute Gasteiger partial charge is 0.466 e. The smallest absolute Gasteiger partial charge is 0.313 e. The maximum atomic E-state index is 12.1. The van der Waals surface area contributed by atoms with Crippen molar-refractivity contribution in [3.63, 3.8) is 0 Å². The molecule has 1 saturated carbocycles. The van der Waals surface area contributed by atoms with Gasteiger partial charge in [0, 0.05) is 6.92 Å². The van der Waals surface area contributed by atoms with E-state index in [2.05, 4.69) is 29.0 Å². The van der Waals surface area contributed by atoms with Crippen LogP contribution in [0, 0.1) is 24.7 Å². The number of H-pyrrole nitrogens is 1. The number of rotatable bonds is 5. The number of nitrogens with one attached hydrogen (secondary N) is 1. The number of hydrogen-bond donors (Lipinski definition) is 1. The monoisotopic (exact) mass is 323 g/mol. The molecule has 1 fully saturated rings. The van der Waals surface area contributed by atoms with Gasteiger partial charge in [-0.1, -0.05) is 13.8 Å². The molecule has 1 aliphatic rings. The van der Waals surface area contributed by atoms with E-state index < -0.39 is 0 Å². The lowest BCUT2D eigenvalue weighted by atomic mass is 9.74. The highest BCUT2D eigenvalue weighted by Gasteiger charge is 2.36. The van der Waals surface area contributed by atoms with Gasteiger partial charge in [0.25, 0.3) is 0 Å². The van der Waals surface area contributed by atoms with Crippen molar-refractivity contribution in [1.29, 1.82) is 0 Å². The van der Waals surface area contributed by atoms with Crippen LogP contribution in [0.15, 0.2) is 0 Å². The average molecular weight is 323 g/mol. The summed E-state index contributed by atoms with van der Waals surface area (Å²) in [6, 6.07) is 0. The molecule has 2 atom stereocenters. The number of aromatic nitrogens is 3. The van der Waals surface area contributed by atoms with Crippen LogP contribution in [0.1, 0.15) is 45.3 Å². The van der Waals surface area contributed by atoms with Gasteiger partial charge in [-0.05, 0) is 37.5 Å². The van der Waals surface area contributed by atoms with Gasteiger partial charge in [0.15, 0.2) is 5.82 Å². The summed E-state index contributed by atoms with van der Waals surface area (Å²) in [5.41, 5.74) is 0. The molecule has 128 valence electrons. The zero-order valence-corrected chi connectivity index (χ0v) is 14.2. The fourth-order valence-corrected chi connectivity index (χ4v) is 3.37. The average Bonchev–Trinajstić information content (AvgIpc) is 2.85. The number of nitrogens with zero attached hydrogens (tertiary/aromatic N) is 2. The van der Waals surface area contributed by atoms with E-state index in [1.165, 1.54) is 6.92 Å². The molecule has 0 spiro atoms. The number of aryl methyl sites for hydroxylation is 1. The van der Waals surface area contributed by atoms with E-state index in [0.717, 1.165) is 12.8 Å². The summed E-state index contributed by atoms with van der Waals surface area (Å²) in [7, 11) is 0. The van der Waals surface area contributed by atoms with Crippen molar-refractivity contribution in [3.8, 4) is 0 Å². The lowest BCUT2D eigenvalue weighted by molar-refractivity contribution is -0.158. The van der Waals surface area contributed by atoms with Crippen LogP contribution in [0.25, 0.3) is 0 Å². The lowest BCUT2D eigenvalue weighted by Gasteiger charge is -2.38. The number of hydrogen-bond acceptors (Lipinski definition) is 6. The van der Waals surface area contributed by atoms with Gasteiger partial charge in [-0.2, -0.15) is 5.10 Å². The van der Waals surface area contributed by atoms with E-state index in [1.54, 1.807) is 6.92 Å². The highest BCUT2D eigenvalue weighted by molar-refractivity contribution is 5.71. The number of aromatic amines is 1. The van der Waals surface area contributed by atoms with E-state index in [9.17, 15) is 9.59 Å². The first-order chi connectivity index (χ1) is 10.8. The fourth-order valence-electron chi connectivity index (χ4n) is 3.37. The Bertz CT molecular complexity index is 545. The highest BCUT2D eigenvalue weighted by Crippen LogP contribution is 2.35. The lowest BCUT2D eigenvalue weighted by Crippen LogP contribution is -2.39. The fraction of sp³-hybridized carbons (Fsp3) is 0.750. The van der Waals surface area contributed by atoms with E-state index in [4.69, 9.17) is 9.47 Å². The first-order valence-corrected chi connectivity index (χ1v) is 8.06. The third-order valence-corrected chi connectivity index (χ3v) is 4.27. The maximum absolute atomic E-state index is 12.1. The maximum Gasteiger partial charge on any atom is 0.313 e. The van der Waals surface area contributed by atoms with Crippen molar-refractivity contribution in [2.24, 2.45) is 17.8 Å². The molecule has 0 aromatic carbocycles. The minimum Gasteiger partial charge on any atom is -0.466 e. The van der Waals surface area contributed by atoms with Gasteiger partial charge >= 0.3 is 11.9 Å². The van der Waals surface area contributed by atoms with Crippen LogP contribution in [0.5, 0.6) is 0 Å². The first-order valence-electron chi connectivity index (χ1n) is 8.06. The van der Waals surface area contributed by atoms with Crippen molar-refractivity contribution in [1.82, 2.24) is 15.2 Å². The number of esters is 2. The molecular weight excluding hydrogens is 298 g/mol. The Labute approximate surface area is 136 Å². The second-order valence-electron chi connectivity index (χ2n) is 6.56. The Morgan fingerprint density at radius 1 is 1.26 bits per heavy atom. The van der Waals surface area contributed by atoms with Gasteiger partial charge in [0.1, 0.15) is 18.3 Å². The van der Waals surface area contributed by atoms with Crippen molar-refractivity contribution in [3.05, 3.63) is 11.6 Å². The zero-order chi connectivity index (χ0) is 17.0. The van der Waals surface area contributed by atoms with Crippen molar-refractivity contribution in [2.75, 3.05) is 6.61 Å². The van der Waals surface area contributed by atoms with Gasteiger partial charge in [-0.3, -0.25) is 14.7 Å². The second kappa shape index (κ2) is 7.57. The summed E-state index contributed by atoms with van der Waals surface area (Å²) < 4.78 is 10.8. The minimum atomic E-state index is -0.300. The molecule has 1 N–H and O–H groups in total. The molecule has 1 aromatic rings. The van der Waals surface area contributed by atoms with E-state index >= 15 is 0 Å². The van der Waals surface area contributed by atoms with E-state index in [1.807, 2.05) is 0 Å². The van der Waals surface area contributed by atoms with Crippen molar-refractivity contribution >= 4 is 11.9 Å². The molecule has 1 heterocycles. The van der Waals surface area contributed by atoms with Gasteiger partial charge in [0.2, 0.25) is 0 Å². The summed E-state index contributed by atoms with van der Waals surface area (Å²) in [5, 5.41) is 6.67. The van der Waals surface area contributed by atoms with Crippen LogP contribution >= 0.6 is 0 Å². The summed E-state index contributed by atoms with van der Waals surface area (Å²) in [6.07, 6.45) is 1.73. The first kappa shape index (κ1) is 17.4. The molecule has 0 radical (unpaired) electrons. The molecule has 0 saturated heterocycles. The Kier molecular flexibility index (Phi) is 5.74. The predicted octanol–water partition coefficient (Wildman–Crippen LogP) is 1.81. The Morgan fingerprint density at radius 3 is 2.43 bits per heavy atom. The summed E-state index contributed by atoms with van der Waals surface area (Å²) in [6.45, 7) is 7.80. The third kappa shape index (κ3) is 5.04. The summed E-state index contributed by atoms with van der Waals surface area (Å²) in [4.78, 5) is 27.1. The normalized spacial score (nSPS) is 27.5. The Hall–Kier alpha value is -1.92. The molecule has 0 amide bonds. The molecule has 23 heavy (non-hydrogen) atoms. The number of ether oxygens (including phenoxy) is 2. The second-order valence-corrected chi connectivity index (χ2v) is 6.56. The van der Waals surface area contributed by atoms with Crippen molar-refractivity contribution < 1.29 is 19.1 Å². The minimum absolute atomic E-state index is 0.0805. The standard InChI is InChI=1S/C16H25N3O4/c1-9-5-13(8-22-12(4)20)6-10(2)16(9)23-15(21)7-14-17-11(3)18-19-14/h9-10,13,16H,5-8H2,1-4H3,(H,17,18,19). The summed E-state index contributed by atoms with van der Waals surface area (Å²) in [5.74, 6) is 1.38. The van der Waals surface area contributed by atoms with Crippen LogP contribution in [-0.4, -0.2) is 39.8 Å². The molecule has 0 bridgehead atoms. The molecule has 7 nitrogen and oxygen atoms in total. The topological polar surface area (TPSA) is 94.2 Å². The number of carbonyl (C=O) groups excluding carboxylic acids is 2. The molecule has 2 rings (SSSR count). The number of carbonyl (C=O) groups is 2. The zero-order valence-electron chi connectivity index (χ0n) is 14.2. The van der Waals surface area contributed by atoms with Gasteiger partial charge in [0.05, 0.1) is 6.61 Å². The van der Waals surface area contributed by atoms with E-state index in [-0.39, 0.29) is 36.3 Å². The van der Waals surface area contributed by atoms with Crippen molar-refractivity contribution in [2.45, 2.75) is 53.1 Å². The van der Waals surface area contributed by atoms with Crippen LogP contribution in [-0.2, 0) is 25.5 Å². The van der Waals surface area contributed by atoms with Crippen LogP contribution in [0.4, 0.5) is 0 Å². The molecule has 0 aliphatic heterocycles. The Morgan fingerprint density at radius 2 is 1.91 bits per heavy atom. The predicted molar refractivity (Wildman–Crippen MR) is 82.4 cm³/mol. The van der Waals surface area contributed by atoms with Gasteiger partial charge in [-0.25, -0.2) is 4.98 Å². The summed E-state index contributed by atoms with van der Waals surface area (Å²) >= 11 is 0. The molecular formula is C16H25N3O4. The SMILES string of the molecule is CC(=O)OCC1CC(C)C(OC(=O)Cc2n[nH]c(C)n2)C(C)C1. The van der Waals surface area contributed by atoms with E-state index in [0.29, 0.717) is 24.2 Å². The molecule has 2 unspecified atom stereocenters. The van der Waals surface area contributed by atoms with Crippen LogP contribution in [0.3, 0.4) is 0 Å². The van der Waals surface area contributed by atoms with Gasteiger partial charge in [-0.15, -0.1) is 0 Å². The molecule has 1 aromatic heterocycles. The third-order valence-electron chi connectivity index (χ3n) is 4.27. The quantitative estimate of drug-likeness (QED) is 0.831. The van der Waals surface area contributed by atoms with Gasteiger partial charge < -0.3 is 9.47 Å². The highest BCUT2D eigenvalue weighted by atomic mass is 16.5. The van der Waals surface area contributed by atoms with Crippen LogP contribution in [0.2, 0.25) is 0 Å². The van der Waals surface area contributed by atoms with Crippen LogP contribution < -0.4 is 0 Å². The molecule has 7 heteroatoms.